The third kappa shape index (κ3) is 4.67. The molecule has 1 aliphatic carbocycles. The minimum atomic E-state index is -3.68. The first-order valence-corrected chi connectivity index (χ1v) is 9.10. The fourth-order valence-corrected chi connectivity index (χ4v) is 3.24. The smallest absolute Gasteiger partial charge is 0.283 e. The molecule has 2 rings (SSSR count). The summed E-state index contributed by atoms with van der Waals surface area (Å²) in [5.41, 5.74) is 0.988. The second kappa shape index (κ2) is 7.17. The summed E-state index contributed by atoms with van der Waals surface area (Å²) >= 11 is 0. The summed E-state index contributed by atoms with van der Waals surface area (Å²) in [6, 6.07) is 6.64. The Labute approximate surface area is 143 Å². The highest BCUT2D eigenvalue weighted by atomic mass is 32.2. The molecule has 0 aromatic heterocycles. The van der Waals surface area contributed by atoms with Crippen molar-refractivity contribution >= 4 is 22.1 Å². The Morgan fingerprint density at radius 1 is 1.12 bits per heavy atom. The molecule has 0 spiro atoms. The van der Waals surface area contributed by atoms with Gasteiger partial charge in [0.25, 0.3) is 10.0 Å². The molecule has 0 amide bonds. The highest BCUT2D eigenvalue weighted by molar-refractivity contribution is 7.90. The molecule has 0 radical (unpaired) electrons. The van der Waals surface area contributed by atoms with E-state index in [1.54, 1.807) is 55.5 Å². The summed E-state index contributed by atoms with van der Waals surface area (Å²) < 4.78 is 27.7. The summed E-state index contributed by atoms with van der Waals surface area (Å²) in [5, 5.41) is 0. The first-order chi connectivity index (χ1) is 11.2. The van der Waals surface area contributed by atoms with Gasteiger partial charge >= 0.3 is 0 Å². The van der Waals surface area contributed by atoms with Crippen molar-refractivity contribution in [1.29, 1.82) is 0 Å². The quantitative estimate of drug-likeness (QED) is 0.426. The van der Waals surface area contributed by atoms with Crippen LogP contribution in [0.2, 0.25) is 0 Å². The Morgan fingerprint density at radius 2 is 1.75 bits per heavy atom. The van der Waals surface area contributed by atoms with E-state index in [0.29, 0.717) is 0 Å². The van der Waals surface area contributed by atoms with E-state index in [1.165, 1.54) is 6.34 Å². The van der Waals surface area contributed by atoms with Crippen molar-refractivity contribution in [3.63, 3.8) is 0 Å². The van der Waals surface area contributed by atoms with Crippen LogP contribution in [-0.4, -0.2) is 58.5 Å². The topological polar surface area (TPSA) is 70.0 Å². The second-order valence-corrected chi connectivity index (χ2v) is 7.99. The van der Waals surface area contributed by atoms with Crippen LogP contribution in [0.1, 0.15) is 17.9 Å². The number of rotatable bonds is 7. The van der Waals surface area contributed by atoms with Crippen LogP contribution in [0.15, 0.2) is 45.8 Å². The van der Waals surface area contributed by atoms with Gasteiger partial charge in [-0.25, -0.2) is 0 Å². The van der Waals surface area contributed by atoms with Crippen LogP contribution < -0.4 is 0 Å². The van der Waals surface area contributed by atoms with Crippen LogP contribution in [0, 0.1) is 5.92 Å². The van der Waals surface area contributed by atoms with E-state index in [9.17, 15) is 13.2 Å². The third-order valence-electron chi connectivity index (χ3n) is 3.72. The van der Waals surface area contributed by atoms with E-state index in [2.05, 4.69) is 4.40 Å². The maximum absolute atomic E-state index is 12.1. The first kappa shape index (κ1) is 18.2. The molecular weight excluding hydrogens is 326 g/mol. The van der Waals surface area contributed by atoms with Gasteiger partial charge in [0.2, 0.25) is 0 Å². The van der Waals surface area contributed by atoms with Gasteiger partial charge in [-0.3, -0.25) is 4.79 Å². The van der Waals surface area contributed by atoms with E-state index < -0.39 is 10.0 Å². The zero-order valence-electron chi connectivity index (χ0n) is 14.4. The minimum absolute atomic E-state index is 0.00424. The first-order valence-electron chi connectivity index (χ1n) is 7.66. The van der Waals surface area contributed by atoms with Gasteiger partial charge in [-0.05, 0) is 36.1 Å². The van der Waals surface area contributed by atoms with Crippen LogP contribution >= 0.6 is 0 Å². The molecule has 1 fully saturated rings. The number of nitrogens with zero attached hydrogens (tertiary/aromatic N) is 3. The van der Waals surface area contributed by atoms with Crippen LogP contribution in [0.25, 0.3) is 0 Å². The molecule has 1 aliphatic rings. The number of hydrogen-bond donors (Lipinski definition) is 0. The maximum Gasteiger partial charge on any atom is 0.283 e. The number of allylic oxidation sites excluding steroid dienone is 1. The van der Waals surface area contributed by atoms with Gasteiger partial charge in [0.05, 0.1) is 4.90 Å². The molecule has 1 saturated carbocycles. The number of carbonyl (C=O) groups is 1. The lowest BCUT2D eigenvalue weighted by atomic mass is 10.1. The van der Waals surface area contributed by atoms with Gasteiger partial charge in [0.1, 0.15) is 6.34 Å². The predicted octanol–water partition coefficient (Wildman–Crippen LogP) is 1.71. The molecule has 0 aliphatic heterocycles. The normalized spacial score (nSPS) is 20.5. The van der Waals surface area contributed by atoms with Crippen molar-refractivity contribution in [2.75, 3.05) is 28.2 Å². The van der Waals surface area contributed by atoms with Crippen LogP contribution in [0.3, 0.4) is 0 Å². The number of benzene rings is 1. The van der Waals surface area contributed by atoms with E-state index in [4.69, 9.17) is 0 Å². The number of sulfonamides is 1. The SMILES string of the molecule is CN(C)C=NS(=O)(=O)c1ccc(C2CC2C(=O)/C=C/N(C)C)cc1. The molecule has 0 N–H and O–H groups in total. The number of carbonyl (C=O) groups excluding carboxylic acids is 1. The summed E-state index contributed by atoms with van der Waals surface area (Å²) in [6.07, 6.45) is 5.41. The molecule has 1 aromatic carbocycles. The summed E-state index contributed by atoms with van der Waals surface area (Å²) in [4.78, 5) is 15.6. The van der Waals surface area contributed by atoms with Gasteiger partial charge in [0.15, 0.2) is 5.78 Å². The highest BCUT2D eigenvalue weighted by Crippen LogP contribution is 2.48. The molecule has 2 unspecified atom stereocenters. The second-order valence-electron chi connectivity index (χ2n) is 6.36. The van der Waals surface area contributed by atoms with Crippen molar-refractivity contribution in [3.05, 3.63) is 42.1 Å². The van der Waals surface area contributed by atoms with E-state index >= 15 is 0 Å². The summed E-state index contributed by atoms with van der Waals surface area (Å²) in [6.45, 7) is 0. The molecule has 0 heterocycles. The van der Waals surface area contributed by atoms with E-state index in [1.807, 2.05) is 19.0 Å². The molecular formula is C17H23N3O3S. The van der Waals surface area contributed by atoms with E-state index in [0.717, 1.165) is 12.0 Å². The molecule has 24 heavy (non-hydrogen) atoms. The number of hydrogen-bond acceptors (Lipinski definition) is 4. The largest absolute Gasteiger partial charge is 0.383 e. The standard InChI is InChI=1S/C17H23N3O3S/c1-19(2)10-9-17(21)16-11-15(16)13-5-7-14(8-6-13)24(22,23)18-12-20(3)4/h5-10,12,15-16H,11H2,1-4H3/b10-9+,18-12?. The molecule has 7 heteroatoms. The summed E-state index contributed by atoms with van der Waals surface area (Å²) in [5.74, 6) is 0.280. The lowest BCUT2D eigenvalue weighted by Gasteiger charge is -2.05. The van der Waals surface area contributed by atoms with Crippen LogP contribution in [0.5, 0.6) is 0 Å². The predicted molar refractivity (Wildman–Crippen MR) is 94.5 cm³/mol. The van der Waals surface area contributed by atoms with Crippen molar-refractivity contribution in [2.24, 2.45) is 10.3 Å². The Bertz CT molecular complexity index is 750. The van der Waals surface area contributed by atoms with Gasteiger partial charge in [0, 0.05) is 40.3 Å². The molecule has 0 bridgehead atoms. The molecule has 6 nitrogen and oxygen atoms in total. The lowest BCUT2D eigenvalue weighted by Crippen LogP contribution is -2.10. The fraction of sp³-hybridized carbons (Fsp3) is 0.412. The average molecular weight is 349 g/mol. The fourth-order valence-electron chi connectivity index (χ4n) is 2.33. The van der Waals surface area contributed by atoms with Gasteiger partial charge in [-0.15, -0.1) is 4.40 Å². The zero-order chi connectivity index (χ0) is 17.9. The van der Waals surface area contributed by atoms with Crippen molar-refractivity contribution in [2.45, 2.75) is 17.2 Å². The van der Waals surface area contributed by atoms with Crippen LogP contribution in [0.4, 0.5) is 0 Å². The van der Waals surface area contributed by atoms with Gasteiger partial charge in [-0.1, -0.05) is 12.1 Å². The van der Waals surface area contributed by atoms with Gasteiger partial charge in [-0.2, -0.15) is 8.42 Å². The average Bonchev–Trinajstić information content (AvgIpc) is 3.31. The minimum Gasteiger partial charge on any atom is -0.383 e. The van der Waals surface area contributed by atoms with Crippen molar-refractivity contribution in [3.8, 4) is 0 Å². The molecule has 0 saturated heterocycles. The monoisotopic (exact) mass is 349 g/mol. The lowest BCUT2D eigenvalue weighted by molar-refractivity contribution is -0.115. The summed E-state index contributed by atoms with van der Waals surface area (Å²) in [7, 11) is 3.46. The highest BCUT2D eigenvalue weighted by Gasteiger charge is 2.42. The van der Waals surface area contributed by atoms with Crippen LogP contribution in [-0.2, 0) is 14.8 Å². The number of ketones is 1. The third-order valence-corrected chi connectivity index (χ3v) is 4.96. The Hall–Kier alpha value is -2.15. The Morgan fingerprint density at radius 3 is 2.29 bits per heavy atom. The Balaban J connectivity index is 2.05. The van der Waals surface area contributed by atoms with Gasteiger partial charge < -0.3 is 9.80 Å². The molecule has 130 valence electrons. The van der Waals surface area contributed by atoms with Crippen molar-refractivity contribution in [1.82, 2.24) is 9.80 Å². The van der Waals surface area contributed by atoms with Crippen molar-refractivity contribution < 1.29 is 13.2 Å². The van der Waals surface area contributed by atoms with E-state index in [-0.39, 0.29) is 22.5 Å². The Kier molecular flexibility index (Phi) is 5.43. The zero-order valence-corrected chi connectivity index (χ0v) is 15.2. The maximum atomic E-state index is 12.1. The molecule has 2 atom stereocenters. The molecule has 1 aromatic rings.